The molecule has 1 amide bonds. The molecule has 0 radical (unpaired) electrons. The fourth-order valence-corrected chi connectivity index (χ4v) is 5.61. The minimum atomic E-state index is -0.188. The van der Waals surface area contributed by atoms with Crippen LogP contribution in [0.2, 0.25) is 0 Å². The Morgan fingerprint density at radius 2 is 1.71 bits per heavy atom. The number of benzene rings is 1. The lowest BCUT2D eigenvalue weighted by atomic mass is 10.2. The molecule has 3 aromatic rings. The van der Waals surface area contributed by atoms with Crippen molar-refractivity contribution in [2.75, 3.05) is 42.5 Å². The van der Waals surface area contributed by atoms with Crippen LogP contribution in [0, 0.1) is 0 Å². The van der Waals surface area contributed by atoms with Crippen LogP contribution in [-0.2, 0) is 4.79 Å². The number of carbonyl (C=O) groups is 1. The van der Waals surface area contributed by atoms with Gasteiger partial charge < -0.3 is 9.80 Å². The Hall–Kier alpha value is -3.17. The van der Waals surface area contributed by atoms with E-state index < -0.39 is 0 Å². The van der Waals surface area contributed by atoms with Crippen LogP contribution in [0.4, 0.5) is 11.5 Å². The fourth-order valence-electron chi connectivity index (χ4n) is 4.32. The maximum absolute atomic E-state index is 13.5. The van der Waals surface area contributed by atoms with E-state index in [0.717, 1.165) is 32.6 Å². The van der Waals surface area contributed by atoms with Gasteiger partial charge in [0.15, 0.2) is 0 Å². The molecule has 0 N–H and O–H groups in total. The number of nitrogens with zero attached hydrogens (tertiary/aromatic N) is 5. The van der Waals surface area contributed by atoms with Crippen LogP contribution in [-0.4, -0.2) is 57.2 Å². The summed E-state index contributed by atoms with van der Waals surface area (Å²) in [7, 11) is 0. The summed E-state index contributed by atoms with van der Waals surface area (Å²) in [5.74, 6) is 0.471. The number of carbonyl (C=O) groups excluding carboxylic acids is 1. The molecule has 2 aliphatic rings. The molecule has 174 valence electrons. The maximum Gasteiger partial charge on any atom is 0.267 e. The molecular weight excluding hydrogens is 466 g/mol. The van der Waals surface area contributed by atoms with Crippen molar-refractivity contribution in [3.05, 3.63) is 75.6 Å². The van der Waals surface area contributed by atoms with Crippen LogP contribution >= 0.6 is 24.0 Å². The number of aromatic nitrogens is 2. The van der Waals surface area contributed by atoms with Crippen molar-refractivity contribution in [2.24, 2.45) is 0 Å². The van der Waals surface area contributed by atoms with Gasteiger partial charge in [0.25, 0.3) is 11.5 Å². The van der Waals surface area contributed by atoms with Gasteiger partial charge in [-0.15, -0.1) is 0 Å². The van der Waals surface area contributed by atoms with Crippen molar-refractivity contribution in [3.63, 3.8) is 0 Å². The van der Waals surface area contributed by atoms with Crippen LogP contribution in [0.25, 0.3) is 11.7 Å². The largest absolute Gasteiger partial charge is 0.368 e. The summed E-state index contributed by atoms with van der Waals surface area (Å²) in [6.45, 7) is 5.67. The highest BCUT2D eigenvalue weighted by molar-refractivity contribution is 8.26. The summed E-state index contributed by atoms with van der Waals surface area (Å²) in [6.07, 6.45) is 4.21. The van der Waals surface area contributed by atoms with Gasteiger partial charge >= 0.3 is 0 Å². The summed E-state index contributed by atoms with van der Waals surface area (Å²) in [4.78, 5) is 37.9. The number of piperazine rings is 1. The molecule has 2 fully saturated rings. The molecular formula is C25H25N5O2S2. The van der Waals surface area contributed by atoms with Crippen molar-refractivity contribution < 1.29 is 4.79 Å². The van der Waals surface area contributed by atoms with E-state index in [9.17, 15) is 9.59 Å². The van der Waals surface area contributed by atoms with Crippen LogP contribution in [0.15, 0.2) is 64.4 Å². The monoisotopic (exact) mass is 491 g/mol. The first-order valence-corrected chi connectivity index (χ1v) is 12.6. The summed E-state index contributed by atoms with van der Waals surface area (Å²) < 4.78 is 2.06. The zero-order valence-corrected chi connectivity index (χ0v) is 20.5. The minimum absolute atomic E-state index is 0.144. The normalized spacial score (nSPS) is 17.9. The SMILES string of the molecule is CCCN1C(=O)/C(=C/c2c(N3CCN(c4ccccc4)CC3)nc3ccccn3c2=O)SC1=S. The van der Waals surface area contributed by atoms with E-state index in [-0.39, 0.29) is 11.5 Å². The number of amides is 1. The van der Waals surface area contributed by atoms with Gasteiger partial charge in [-0.1, -0.05) is 55.2 Å². The second-order valence-electron chi connectivity index (χ2n) is 8.23. The van der Waals surface area contributed by atoms with Crippen molar-refractivity contribution >= 4 is 57.4 Å². The average Bonchev–Trinajstić information content (AvgIpc) is 3.14. The van der Waals surface area contributed by atoms with E-state index in [1.165, 1.54) is 21.8 Å². The quantitative estimate of drug-likeness (QED) is 0.399. The Kier molecular flexibility index (Phi) is 6.38. The van der Waals surface area contributed by atoms with E-state index >= 15 is 0 Å². The molecule has 5 rings (SSSR count). The average molecular weight is 492 g/mol. The molecule has 7 nitrogen and oxygen atoms in total. The number of hydrogen-bond acceptors (Lipinski definition) is 7. The molecule has 4 heterocycles. The van der Waals surface area contributed by atoms with E-state index in [0.29, 0.717) is 32.8 Å². The number of thioether (sulfide) groups is 1. The first-order valence-electron chi connectivity index (χ1n) is 11.4. The highest BCUT2D eigenvalue weighted by atomic mass is 32.2. The lowest BCUT2D eigenvalue weighted by molar-refractivity contribution is -0.122. The van der Waals surface area contributed by atoms with Gasteiger partial charge in [-0.05, 0) is 36.8 Å². The Balaban J connectivity index is 1.52. The molecule has 0 aliphatic carbocycles. The third-order valence-corrected chi connectivity index (χ3v) is 7.42. The van der Waals surface area contributed by atoms with Crippen molar-refractivity contribution in [2.45, 2.75) is 13.3 Å². The first-order chi connectivity index (χ1) is 16.6. The molecule has 0 atom stereocenters. The number of hydrogen-bond donors (Lipinski definition) is 0. The molecule has 2 aliphatic heterocycles. The molecule has 0 unspecified atom stereocenters. The standard InChI is InChI=1S/C25H25N5O2S2/c1-2-11-30-24(32)20(34-25(30)33)17-19-22(26-21-10-6-7-12-29(21)23(19)31)28-15-13-27(14-16-28)18-8-4-3-5-9-18/h3-10,12,17H,2,11,13-16H2,1H3/b20-17-. The zero-order chi connectivity index (χ0) is 23.7. The Morgan fingerprint density at radius 1 is 1.00 bits per heavy atom. The number of para-hydroxylation sites is 1. The highest BCUT2D eigenvalue weighted by Crippen LogP contribution is 2.33. The molecule has 1 aromatic carbocycles. The number of thiocarbonyl (C=S) groups is 1. The zero-order valence-electron chi connectivity index (χ0n) is 18.9. The summed E-state index contributed by atoms with van der Waals surface area (Å²) in [6, 6.07) is 15.8. The van der Waals surface area contributed by atoms with Gasteiger partial charge in [-0.3, -0.25) is 18.9 Å². The van der Waals surface area contributed by atoms with Gasteiger partial charge in [0.2, 0.25) is 0 Å². The Bertz CT molecular complexity index is 1330. The lowest BCUT2D eigenvalue weighted by Crippen LogP contribution is -2.47. The summed E-state index contributed by atoms with van der Waals surface area (Å²) in [5.41, 5.74) is 2.01. The second kappa shape index (κ2) is 9.60. The smallest absolute Gasteiger partial charge is 0.267 e. The molecule has 9 heteroatoms. The molecule has 0 spiro atoms. The third kappa shape index (κ3) is 4.21. The van der Waals surface area contributed by atoms with E-state index in [2.05, 4.69) is 21.9 Å². The van der Waals surface area contributed by atoms with Crippen molar-refractivity contribution in [3.8, 4) is 0 Å². The molecule has 0 bridgehead atoms. The predicted molar refractivity (Wildman–Crippen MR) is 142 cm³/mol. The second-order valence-corrected chi connectivity index (χ2v) is 9.90. The van der Waals surface area contributed by atoms with E-state index in [4.69, 9.17) is 17.2 Å². The Morgan fingerprint density at radius 3 is 2.44 bits per heavy atom. The first kappa shape index (κ1) is 22.6. The predicted octanol–water partition coefficient (Wildman–Crippen LogP) is 3.63. The maximum atomic E-state index is 13.5. The topological polar surface area (TPSA) is 61.2 Å². The number of fused-ring (bicyclic) bond motifs is 1. The van der Waals surface area contributed by atoms with Crippen LogP contribution in [0.3, 0.4) is 0 Å². The third-order valence-electron chi connectivity index (χ3n) is 6.05. The van der Waals surface area contributed by atoms with Gasteiger partial charge in [0.05, 0.1) is 10.5 Å². The van der Waals surface area contributed by atoms with Crippen LogP contribution in [0.1, 0.15) is 18.9 Å². The molecule has 0 saturated carbocycles. The van der Waals surface area contributed by atoms with Crippen molar-refractivity contribution in [1.29, 1.82) is 0 Å². The van der Waals surface area contributed by atoms with Crippen LogP contribution < -0.4 is 15.4 Å². The lowest BCUT2D eigenvalue weighted by Gasteiger charge is -2.37. The summed E-state index contributed by atoms with van der Waals surface area (Å²) >= 11 is 6.67. The fraction of sp³-hybridized carbons (Fsp3) is 0.280. The van der Waals surface area contributed by atoms with E-state index in [1.54, 1.807) is 23.2 Å². The summed E-state index contributed by atoms with van der Waals surface area (Å²) in [5, 5.41) is 0. The number of rotatable bonds is 5. The number of pyridine rings is 1. The highest BCUT2D eigenvalue weighted by Gasteiger charge is 2.32. The molecule has 34 heavy (non-hydrogen) atoms. The van der Waals surface area contributed by atoms with Gasteiger partial charge in [-0.25, -0.2) is 4.98 Å². The van der Waals surface area contributed by atoms with E-state index in [1.807, 2.05) is 37.3 Å². The van der Waals surface area contributed by atoms with Gasteiger partial charge in [0, 0.05) is 44.6 Å². The molecule has 2 aromatic heterocycles. The van der Waals surface area contributed by atoms with Crippen molar-refractivity contribution in [1.82, 2.24) is 14.3 Å². The molecule has 2 saturated heterocycles. The number of anilines is 2. The van der Waals surface area contributed by atoms with Gasteiger partial charge in [-0.2, -0.15) is 0 Å². The van der Waals surface area contributed by atoms with Gasteiger partial charge in [0.1, 0.15) is 15.8 Å². The Labute approximate surface area is 207 Å². The minimum Gasteiger partial charge on any atom is -0.368 e. The van der Waals surface area contributed by atoms with Crippen LogP contribution in [0.5, 0.6) is 0 Å².